The highest BCUT2D eigenvalue weighted by Crippen LogP contribution is 2.26. The van der Waals surface area contributed by atoms with Gasteiger partial charge in [0.25, 0.3) is 0 Å². The van der Waals surface area contributed by atoms with E-state index < -0.39 is 10.0 Å². The molecule has 1 aliphatic rings. The zero-order chi connectivity index (χ0) is 22.4. The van der Waals surface area contributed by atoms with Crippen LogP contribution in [0.25, 0.3) is 0 Å². The van der Waals surface area contributed by atoms with Crippen molar-refractivity contribution in [2.24, 2.45) is 5.92 Å². The predicted molar refractivity (Wildman–Crippen MR) is 123 cm³/mol. The van der Waals surface area contributed by atoms with Crippen molar-refractivity contribution in [1.29, 1.82) is 0 Å². The molecule has 168 valence electrons. The number of hydrogen-bond donors (Lipinski definition) is 1. The van der Waals surface area contributed by atoms with E-state index in [-0.39, 0.29) is 17.6 Å². The highest BCUT2D eigenvalue weighted by Gasteiger charge is 2.31. The van der Waals surface area contributed by atoms with E-state index >= 15 is 0 Å². The second kappa shape index (κ2) is 10.7. The lowest BCUT2D eigenvalue weighted by Gasteiger charge is -2.30. The van der Waals surface area contributed by atoms with Gasteiger partial charge in [0, 0.05) is 29.1 Å². The number of halogens is 2. The fourth-order valence-corrected chi connectivity index (χ4v) is 5.66. The molecule has 0 atom stereocenters. The molecule has 0 spiro atoms. The lowest BCUT2D eigenvalue weighted by Crippen LogP contribution is -2.44. The van der Waals surface area contributed by atoms with Crippen LogP contribution >= 0.6 is 23.2 Å². The second-order valence-corrected chi connectivity index (χ2v) is 10.4. The Balaban J connectivity index is 1.43. The first-order valence-electron chi connectivity index (χ1n) is 10.1. The Morgan fingerprint density at radius 1 is 1.16 bits per heavy atom. The minimum absolute atomic E-state index is 0.0642. The molecule has 1 heterocycles. The Bertz CT molecular complexity index is 1020. The Hall–Kier alpha value is -1.80. The first-order valence-corrected chi connectivity index (χ1v) is 12.5. The summed E-state index contributed by atoms with van der Waals surface area (Å²) in [5.74, 6) is 0.319. The van der Waals surface area contributed by atoms with Gasteiger partial charge in [-0.2, -0.15) is 0 Å². The van der Waals surface area contributed by atoms with Crippen molar-refractivity contribution >= 4 is 39.1 Å². The van der Waals surface area contributed by atoms with Crippen LogP contribution in [-0.2, 0) is 20.6 Å². The van der Waals surface area contributed by atoms with E-state index in [2.05, 4.69) is 5.32 Å². The minimum atomic E-state index is -3.52. The zero-order valence-electron chi connectivity index (χ0n) is 17.3. The fourth-order valence-electron chi connectivity index (χ4n) is 3.52. The van der Waals surface area contributed by atoms with Crippen LogP contribution in [0.2, 0.25) is 10.0 Å². The van der Waals surface area contributed by atoms with Gasteiger partial charge in [0.2, 0.25) is 15.9 Å². The summed E-state index contributed by atoms with van der Waals surface area (Å²) < 4.78 is 32.6. The molecule has 0 unspecified atom stereocenters. The first-order chi connectivity index (χ1) is 14.7. The van der Waals surface area contributed by atoms with E-state index in [9.17, 15) is 13.2 Å². The van der Waals surface area contributed by atoms with Crippen LogP contribution in [0.1, 0.15) is 24.0 Å². The normalized spacial score (nSPS) is 15.6. The van der Waals surface area contributed by atoms with Gasteiger partial charge in [-0.3, -0.25) is 4.79 Å². The molecule has 1 fully saturated rings. The summed E-state index contributed by atoms with van der Waals surface area (Å²) in [6, 6.07) is 12.5. The van der Waals surface area contributed by atoms with E-state index in [1.165, 1.54) is 10.4 Å². The third-order valence-electron chi connectivity index (χ3n) is 5.23. The van der Waals surface area contributed by atoms with Crippen molar-refractivity contribution < 1.29 is 17.9 Å². The summed E-state index contributed by atoms with van der Waals surface area (Å²) in [6.07, 6.45) is 0.969. The molecule has 2 aromatic carbocycles. The van der Waals surface area contributed by atoms with Gasteiger partial charge in [0.05, 0.1) is 12.3 Å². The molecule has 31 heavy (non-hydrogen) atoms. The molecular formula is C22H26Cl2N2O4S. The SMILES string of the molecule is Cc1cccc(OCCNC(=O)C2CCN(S(=O)(=O)Cc3ccc(Cl)cc3Cl)CC2)c1. The van der Waals surface area contributed by atoms with Crippen molar-refractivity contribution in [3.05, 3.63) is 63.6 Å². The Kier molecular flexibility index (Phi) is 8.22. The topological polar surface area (TPSA) is 75.7 Å². The highest BCUT2D eigenvalue weighted by molar-refractivity contribution is 7.88. The standard InChI is InChI=1S/C22H26Cl2N2O4S/c1-16-3-2-4-20(13-16)30-12-9-25-22(27)17-7-10-26(11-8-17)31(28,29)15-18-5-6-19(23)14-21(18)24/h2-6,13-14,17H,7-12,15H2,1H3,(H,25,27). The average Bonchev–Trinajstić information content (AvgIpc) is 2.73. The van der Waals surface area contributed by atoms with Crippen molar-refractivity contribution in [2.75, 3.05) is 26.2 Å². The van der Waals surface area contributed by atoms with E-state index in [4.69, 9.17) is 27.9 Å². The predicted octanol–water partition coefficient (Wildman–Crippen LogP) is 4.04. The lowest BCUT2D eigenvalue weighted by atomic mass is 9.97. The maximum Gasteiger partial charge on any atom is 0.223 e. The van der Waals surface area contributed by atoms with E-state index in [0.717, 1.165) is 11.3 Å². The molecule has 0 radical (unpaired) electrons. The van der Waals surface area contributed by atoms with Crippen LogP contribution in [0.4, 0.5) is 0 Å². The van der Waals surface area contributed by atoms with Gasteiger partial charge in [-0.1, -0.05) is 41.4 Å². The molecule has 1 amide bonds. The number of amides is 1. The molecule has 6 nitrogen and oxygen atoms in total. The molecule has 2 aromatic rings. The molecule has 1 aliphatic heterocycles. The van der Waals surface area contributed by atoms with E-state index in [1.807, 2.05) is 31.2 Å². The average molecular weight is 485 g/mol. The summed E-state index contributed by atoms with van der Waals surface area (Å²) in [6.45, 7) is 3.40. The van der Waals surface area contributed by atoms with E-state index in [0.29, 0.717) is 54.7 Å². The Labute approximate surface area is 193 Å². The number of carbonyl (C=O) groups excluding carboxylic acids is 1. The number of piperidine rings is 1. The molecule has 9 heteroatoms. The van der Waals surface area contributed by atoms with Gasteiger partial charge in [0.15, 0.2) is 0 Å². The quantitative estimate of drug-likeness (QED) is 0.573. The number of sulfonamides is 1. The van der Waals surface area contributed by atoms with Crippen LogP contribution in [0, 0.1) is 12.8 Å². The summed E-state index contributed by atoms with van der Waals surface area (Å²) in [5.41, 5.74) is 1.63. The van der Waals surface area contributed by atoms with Crippen LogP contribution in [0.5, 0.6) is 5.75 Å². The van der Waals surface area contributed by atoms with Crippen LogP contribution in [0.15, 0.2) is 42.5 Å². The molecular weight excluding hydrogens is 459 g/mol. The molecule has 0 aromatic heterocycles. The van der Waals surface area contributed by atoms with Gasteiger partial charge in [-0.15, -0.1) is 0 Å². The van der Waals surface area contributed by atoms with Crippen molar-refractivity contribution in [1.82, 2.24) is 9.62 Å². The highest BCUT2D eigenvalue weighted by atomic mass is 35.5. The second-order valence-electron chi connectivity index (χ2n) is 7.62. The maximum absolute atomic E-state index is 12.8. The van der Waals surface area contributed by atoms with Gasteiger partial charge < -0.3 is 10.1 Å². The first kappa shape index (κ1) is 23.9. The van der Waals surface area contributed by atoms with Gasteiger partial charge in [-0.05, 0) is 55.2 Å². The molecule has 3 rings (SSSR count). The smallest absolute Gasteiger partial charge is 0.223 e. The lowest BCUT2D eigenvalue weighted by molar-refractivity contribution is -0.126. The van der Waals surface area contributed by atoms with Crippen molar-refractivity contribution in [3.8, 4) is 5.75 Å². The number of nitrogens with zero attached hydrogens (tertiary/aromatic N) is 1. The molecule has 0 aliphatic carbocycles. The number of hydrogen-bond acceptors (Lipinski definition) is 4. The van der Waals surface area contributed by atoms with Crippen molar-refractivity contribution in [3.63, 3.8) is 0 Å². The number of nitrogens with one attached hydrogen (secondary N) is 1. The minimum Gasteiger partial charge on any atom is -0.492 e. The van der Waals surface area contributed by atoms with Crippen LogP contribution in [0.3, 0.4) is 0 Å². The van der Waals surface area contributed by atoms with Crippen LogP contribution < -0.4 is 10.1 Å². The fraction of sp³-hybridized carbons (Fsp3) is 0.409. The maximum atomic E-state index is 12.8. The van der Waals surface area contributed by atoms with E-state index in [1.54, 1.807) is 12.1 Å². The van der Waals surface area contributed by atoms with Gasteiger partial charge in [0.1, 0.15) is 12.4 Å². The number of benzene rings is 2. The number of rotatable bonds is 8. The molecule has 0 saturated carbocycles. The monoisotopic (exact) mass is 484 g/mol. The molecule has 0 bridgehead atoms. The number of aryl methyl sites for hydroxylation is 1. The third-order valence-corrected chi connectivity index (χ3v) is 7.65. The molecule has 1 N–H and O–H groups in total. The summed E-state index contributed by atoms with van der Waals surface area (Å²) in [7, 11) is -3.52. The largest absolute Gasteiger partial charge is 0.492 e. The van der Waals surface area contributed by atoms with Crippen molar-refractivity contribution in [2.45, 2.75) is 25.5 Å². The van der Waals surface area contributed by atoms with Gasteiger partial charge >= 0.3 is 0 Å². The number of carbonyl (C=O) groups is 1. The molecule has 1 saturated heterocycles. The van der Waals surface area contributed by atoms with Crippen LogP contribution in [-0.4, -0.2) is 44.9 Å². The Morgan fingerprint density at radius 3 is 2.58 bits per heavy atom. The summed E-state index contributed by atoms with van der Waals surface area (Å²) in [4.78, 5) is 12.4. The zero-order valence-corrected chi connectivity index (χ0v) is 19.6. The number of ether oxygens (including phenoxy) is 1. The summed E-state index contributed by atoms with van der Waals surface area (Å²) >= 11 is 12.0. The Morgan fingerprint density at radius 2 is 1.90 bits per heavy atom. The van der Waals surface area contributed by atoms with Gasteiger partial charge in [-0.25, -0.2) is 12.7 Å². The third kappa shape index (κ3) is 6.84. The summed E-state index contributed by atoms with van der Waals surface area (Å²) in [5, 5.41) is 3.67.